The molecule has 17 heavy (non-hydrogen) atoms. The minimum absolute atomic E-state index is 0.453. The zero-order valence-electron chi connectivity index (χ0n) is 12.0. The van der Waals surface area contributed by atoms with Gasteiger partial charge in [-0.25, -0.2) is 0 Å². The summed E-state index contributed by atoms with van der Waals surface area (Å²) in [7, 11) is 0. The summed E-state index contributed by atoms with van der Waals surface area (Å²) in [6.45, 7) is 13.2. The summed E-state index contributed by atoms with van der Waals surface area (Å²) in [4.78, 5) is 2.58. The molecule has 1 aliphatic rings. The molecule has 0 aromatic carbocycles. The van der Waals surface area contributed by atoms with Crippen LogP contribution in [0.2, 0.25) is 0 Å². The van der Waals surface area contributed by atoms with E-state index < -0.39 is 0 Å². The van der Waals surface area contributed by atoms with Crippen molar-refractivity contribution in [3.63, 3.8) is 0 Å². The van der Waals surface area contributed by atoms with Crippen molar-refractivity contribution in [1.29, 1.82) is 0 Å². The van der Waals surface area contributed by atoms with E-state index in [0.717, 1.165) is 19.7 Å². The summed E-state index contributed by atoms with van der Waals surface area (Å²) in [5, 5.41) is 3.59. The predicted molar refractivity (Wildman–Crippen MR) is 73.4 cm³/mol. The maximum absolute atomic E-state index is 5.76. The van der Waals surface area contributed by atoms with Gasteiger partial charge in [-0.2, -0.15) is 0 Å². The number of hydrogen-bond acceptors (Lipinski definition) is 3. The second-order valence-corrected chi connectivity index (χ2v) is 5.20. The average molecular weight is 242 g/mol. The van der Waals surface area contributed by atoms with Crippen molar-refractivity contribution >= 4 is 0 Å². The van der Waals surface area contributed by atoms with Gasteiger partial charge < -0.3 is 10.1 Å². The fourth-order valence-corrected chi connectivity index (χ4v) is 2.57. The lowest BCUT2D eigenvalue weighted by Crippen LogP contribution is -2.52. The van der Waals surface area contributed by atoms with E-state index >= 15 is 0 Å². The molecule has 1 N–H and O–H groups in total. The topological polar surface area (TPSA) is 24.5 Å². The Morgan fingerprint density at radius 2 is 2.12 bits per heavy atom. The fourth-order valence-electron chi connectivity index (χ4n) is 2.57. The molecule has 1 rings (SSSR count). The van der Waals surface area contributed by atoms with Crippen LogP contribution < -0.4 is 5.32 Å². The van der Waals surface area contributed by atoms with Crippen LogP contribution in [0.25, 0.3) is 0 Å². The maximum Gasteiger partial charge on any atom is 0.0702 e. The smallest absolute Gasteiger partial charge is 0.0702 e. The molecule has 1 saturated heterocycles. The Balaban J connectivity index is 2.36. The molecule has 0 spiro atoms. The van der Waals surface area contributed by atoms with E-state index in [2.05, 4.69) is 37.9 Å². The van der Waals surface area contributed by atoms with Crippen molar-refractivity contribution in [2.24, 2.45) is 0 Å². The van der Waals surface area contributed by atoms with Gasteiger partial charge in [0.25, 0.3) is 0 Å². The first-order valence-electron chi connectivity index (χ1n) is 7.28. The second-order valence-electron chi connectivity index (χ2n) is 5.20. The molecule has 0 aromatic rings. The molecule has 0 saturated carbocycles. The van der Waals surface area contributed by atoms with Crippen LogP contribution in [0.3, 0.4) is 0 Å². The van der Waals surface area contributed by atoms with Crippen LogP contribution in [0, 0.1) is 0 Å². The van der Waals surface area contributed by atoms with Crippen molar-refractivity contribution < 1.29 is 4.74 Å². The summed E-state index contributed by atoms with van der Waals surface area (Å²) in [5.74, 6) is 0. The summed E-state index contributed by atoms with van der Waals surface area (Å²) in [5.41, 5.74) is 0. The van der Waals surface area contributed by atoms with Gasteiger partial charge in [-0.15, -0.1) is 0 Å². The van der Waals surface area contributed by atoms with Gasteiger partial charge in [0.15, 0.2) is 0 Å². The molecule has 0 radical (unpaired) electrons. The monoisotopic (exact) mass is 242 g/mol. The Hall–Kier alpha value is -0.120. The maximum atomic E-state index is 5.76. The van der Waals surface area contributed by atoms with Crippen molar-refractivity contribution in [2.75, 3.05) is 26.2 Å². The lowest BCUT2D eigenvalue weighted by Gasteiger charge is -2.39. The van der Waals surface area contributed by atoms with Gasteiger partial charge in [-0.05, 0) is 53.1 Å². The highest BCUT2D eigenvalue weighted by Gasteiger charge is 2.26. The molecule has 1 heterocycles. The fraction of sp³-hybridized carbons (Fsp3) is 1.00. The third kappa shape index (κ3) is 4.94. The summed E-state index contributed by atoms with van der Waals surface area (Å²) in [6.07, 6.45) is 4.16. The third-order valence-electron chi connectivity index (χ3n) is 3.83. The number of hydrogen-bond donors (Lipinski definition) is 1. The number of likely N-dealkylation sites (tertiary alicyclic amines) is 1. The summed E-state index contributed by atoms with van der Waals surface area (Å²) < 4.78 is 5.76. The van der Waals surface area contributed by atoms with E-state index in [9.17, 15) is 0 Å². The van der Waals surface area contributed by atoms with Gasteiger partial charge in [0, 0.05) is 25.2 Å². The minimum atomic E-state index is 0.453. The third-order valence-corrected chi connectivity index (χ3v) is 3.83. The van der Waals surface area contributed by atoms with Gasteiger partial charge in [-0.3, -0.25) is 4.90 Å². The molecule has 0 amide bonds. The van der Waals surface area contributed by atoms with Crippen molar-refractivity contribution in [3.05, 3.63) is 0 Å². The number of rotatable bonds is 7. The summed E-state index contributed by atoms with van der Waals surface area (Å²) >= 11 is 0. The van der Waals surface area contributed by atoms with Crippen LogP contribution in [-0.4, -0.2) is 49.3 Å². The highest BCUT2D eigenvalue weighted by atomic mass is 16.5. The first kappa shape index (κ1) is 14.9. The van der Waals surface area contributed by atoms with Gasteiger partial charge in [0.1, 0.15) is 0 Å². The van der Waals surface area contributed by atoms with Crippen LogP contribution in [0.15, 0.2) is 0 Å². The molecule has 0 bridgehead atoms. The number of nitrogens with one attached hydrogen (secondary N) is 1. The molecule has 1 aliphatic heterocycles. The zero-order chi connectivity index (χ0) is 12.7. The zero-order valence-corrected chi connectivity index (χ0v) is 12.0. The molecule has 0 aromatic heterocycles. The number of ether oxygens (including phenoxy) is 1. The second kappa shape index (κ2) is 8.06. The van der Waals surface area contributed by atoms with Crippen molar-refractivity contribution in [1.82, 2.24) is 10.2 Å². The molecular formula is C14H30N2O. The van der Waals surface area contributed by atoms with Gasteiger partial charge in [0.05, 0.1) is 6.10 Å². The lowest BCUT2D eigenvalue weighted by molar-refractivity contribution is -0.00905. The van der Waals surface area contributed by atoms with Crippen LogP contribution in [0.5, 0.6) is 0 Å². The van der Waals surface area contributed by atoms with E-state index in [1.807, 2.05) is 0 Å². The summed E-state index contributed by atoms with van der Waals surface area (Å²) in [6, 6.07) is 1.17. The predicted octanol–water partition coefficient (Wildman–Crippen LogP) is 2.26. The molecule has 3 nitrogen and oxygen atoms in total. The molecular weight excluding hydrogens is 212 g/mol. The van der Waals surface area contributed by atoms with E-state index in [0.29, 0.717) is 18.2 Å². The highest BCUT2D eigenvalue weighted by Crippen LogP contribution is 2.17. The molecule has 1 fully saturated rings. The Bertz CT molecular complexity index is 197. The van der Waals surface area contributed by atoms with Gasteiger partial charge in [-0.1, -0.05) is 6.92 Å². The Kier molecular flexibility index (Phi) is 7.09. The first-order chi connectivity index (χ1) is 8.19. The molecule has 0 aliphatic carbocycles. The highest BCUT2D eigenvalue weighted by molar-refractivity contribution is 4.83. The standard InChI is InChI=1S/C14H30N2O/c1-5-9-15-12(3)13(4)16-10-7-8-14(11-16)17-6-2/h12-15H,5-11H2,1-4H3. The molecule has 3 unspecified atom stereocenters. The van der Waals surface area contributed by atoms with E-state index in [1.165, 1.54) is 25.8 Å². The van der Waals surface area contributed by atoms with E-state index in [-0.39, 0.29) is 0 Å². The van der Waals surface area contributed by atoms with Crippen molar-refractivity contribution in [2.45, 2.75) is 65.1 Å². The van der Waals surface area contributed by atoms with E-state index in [1.54, 1.807) is 0 Å². The quantitative estimate of drug-likeness (QED) is 0.741. The van der Waals surface area contributed by atoms with Crippen LogP contribution in [0.1, 0.15) is 47.0 Å². The van der Waals surface area contributed by atoms with Gasteiger partial charge >= 0.3 is 0 Å². The molecule has 102 valence electrons. The van der Waals surface area contributed by atoms with Gasteiger partial charge in [0.2, 0.25) is 0 Å². The minimum Gasteiger partial charge on any atom is -0.377 e. The molecule has 3 heteroatoms. The first-order valence-corrected chi connectivity index (χ1v) is 7.28. The van der Waals surface area contributed by atoms with Crippen LogP contribution >= 0.6 is 0 Å². The largest absolute Gasteiger partial charge is 0.377 e. The Morgan fingerprint density at radius 1 is 1.35 bits per heavy atom. The number of piperidine rings is 1. The lowest BCUT2D eigenvalue weighted by atomic mass is 10.0. The number of nitrogens with zero attached hydrogens (tertiary/aromatic N) is 1. The Morgan fingerprint density at radius 3 is 2.76 bits per heavy atom. The van der Waals surface area contributed by atoms with E-state index in [4.69, 9.17) is 4.74 Å². The van der Waals surface area contributed by atoms with Crippen LogP contribution in [-0.2, 0) is 4.74 Å². The normalized spacial score (nSPS) is 25.8. The Labute approximate surface area is 107 Å². The van der Waals surface area contributed by atoms with Crippen molar-refractivity contribution in [3.8, 4) is 0 Å². The average Bonchev–Trinajstić information content (AvgIpc) is 2.35. The molecule has 3 atom stereocenters. The SMILES string of the molecule is CCCNC(C)C(C)N1CCCC(OCC)C1. The van der Waals surface area contributed by atoms with Crippen LogP contribution in [0.4, 0.5) is 0 Å².